The first-order chi connectivity index (χ1) is 9.06. The van der Waals surface area contributed by atoms with Crippen molar-refractivity contribution in [2.45, 2.75) is 58.1 Å². The number of ether oxygens (including phenoxy) is 1. The van der Waals surface area contributed by atoms with Crippen LogP contribution in [0.15, 0.2) is 24.3 Å². The zero-order valence-electron chi connectivity index (χ0n) is 12.1. The fraction of sp³-hybridized carbons (Fsp3) is 0.647. The lowest BCUT2D eigenvalue weighted by atomic mass is 9.76. The van der Waals surface area contributed by atoms with Crippen LogP contribution in [0.4, 0.5) is 0 Å². The van der Waals surface area contributed by atoms with Crippen molar-refractivity contribution in [2.75, 3.05) is 0 Å². The smallest absolute Gasteiger partial charge is 0.119 e. The Morgan fingerprint density at radius 2 is 1.84 bits per heavy atom. The van der Waals surface area contributed by atoms with Crippen LogP contribution >= 0.6 is 0 Å². The lowest BCUT2D eigenvalue weighted by Crippen LogP contribution is -2.29. The van der Waals surface area contributed by atoms with Crippen molar-refractivity contribution >= 4 is 0 Å². The number of hydrogen-bond donors (Lipinski definition) is 1. The second-order valence-electron chi connectivity index (χ2n) is 6.90. The average molecular weight is 259 g/mol. The van der Waals surface area contributed by atoms with Gasteiger partial charge in [-0.1, -0.05) is 32.4 Å². The first-order valence-corrected chi connectivity index (χ1v) is 7.58. The van der Waals surface area contributed by atoms with Gasteiger partial charge in [0.25, 0.3) is 0 Å². The summed E-state index contributed by atoms with van der Waals surface area (Å²) in [6, 6.07) is 8.62. The maximum atomic E-state index is 6.50. The molecule has 2 heteroatoms. The highest BCUT2D eigenvalue weighted by atomic mass is 16.5. The number of nitrogens with two attached hydrogens (primary N) is 1. The van der Waals surface area contributed by atoms with Crippen LogP contribution in [0.1, 0.15) is 57.6 Å². The highest BCUT2D eigenvalue weighted by Crippen LogP contribution is 2.47. The van der Waals surface area contributed by atoms with E-state index in [1.54, 1.807) is 0 Å². The van der Waals surface area contributed by atoms with Gasteiger partial charge in [0.05, 0.1) is 6.10 Å². The summed E-state index contributed by atoms with van der Waals surface area (Å²) in [6.45, 7) is 4.71. The Labute approximate surface area is 116 Å². The molecule has 2 unspecified atom stereocenters. The molecule has 2 nitrogen and oxygen atoms in total. The first kappa shape index (κ1) is 13.0. The third-order valence-electron chi connectivity index (χ3n) is 4.87. The lowest BCUT2D eigenvalue weighted by molar-refractivity contribution is 0.222. The monoisotopic (exact) mass is 259 g/mol. The van der Waals surface area contributed by atoms with E-state index in [2.05, 4.69) is 38.1 Å². The molecule has 2 N–H and O–H groups in total. The average Bonchev–Trinajstić information content (AvgIpc) is 3.12. The van der Waals surface area contributed by atoms with Crippen molar-refractivity contribution in [1.29, 1.82) is 0 Å². The standard InChI is InChI=1S/C17H25NO/c1-17(2)11-3-4-15(17)16(18)12-5-7-13(8-6-12)19-14-9-10-14/h5-8,14-16H,3-4,9-11,18H2,1-2H3. The molecule has 0 saturated heterocycles. The quantitative estimate of drug-likeness (QED) is 0.885. The van der Waals surface area contributed by atoms with E-state index in [4.69, 9.17) is 10.5 Å². The minimum atomic E-state index is 0.160. The Morgan fingerprint density at radius 1 is 1.16 bits per heavy atom. The van der Waals surface area contributed by atoms with Crippen molar-refractivity contribution in [2.24, 2.45) is 17.1 Å². The molecule has 19 heavy (non-hydrogen) atoms. The van der Waals surface area contributed by atoms with Gasteiger partial charge in [0.15, 0.2) is 0 Å². The van der Waals surface area contributed by atoms with Crippen molar-refractivity contribution < 1.29 is 4.74 Å². The van der Waals surface area contributed by atoms with Gasteiger partial charge in [-0.15, -0.1) is 0 Å². The summed E-state index contributed by atoms with van der Waals surface area (Å²) < 4.78 is 5.79. The Morgan fingerprint density at radius 3 is 2.37 bits per heavy atom. The number of rotatable bonds is 4. The largest absolute Gasteiger partial charge is 0.490 e. The van der Waals surface area contributed by atoms with E-state index in [9.17, 15) is 0 Å². The fourth-order valence-corrected chi connectivity index (χ4v) is 3.40. The molecule has 2 fully saturated rings. The Balaban J connectivity index is 1.70. The third kappa shape index (κ3) is 2.79. The van der Waals surface area contributed by atoms with Gasteiger partial charge >= 0.3 is 0 Å². The molecule has 0 radical (unpaired) electrons. The van der Waals surface area contributed by atoms with Crippen LogP contribution in [0.3, 0.4) is 0 Å². The van der Waals surface area contributed by atoms with Crippen molar-refractivity contribution in [3.63, 3.8) is 0 Å². The van der Waals surface area contributed by atoms with Gasteiger partial charge in [-0.2, -0.15) is 0 Å². The molecule has 2 atom stereocenters. The summed E-state index contributed by atoms with van der Waals surface area (Å²) in [6.07, 6.45) is 6.75. The lowest BCUT2D eigenvalue weighted by Gasteiger charge is -2.32. The van der Waals surface area contributed by atoms with Gasteiger partial charge in [-0.25, -0.2) is 0 Å². The Hall–Kier alpha value is -1.02. The molecular formula is C17H25NO. The zero-order valence-corrected chi connectivity index (χ0v) is 12.1. The SMILES string of the molecule is CC1(C)CCCC1C(N)c1ccc(OC2CC2)cc1. The molecule has 2 aliphatic carbocycles. The molecule has 0 bridgehead atoms. The van der Waals surface area contributed by atoms with Gasteiger partial charge in [0.1, 0.15) is 5.75 Å². The maximum Gasteiger partial charge on any atom is 0.119 e. The Bertz CT molecular complexity index is 433. The summed E-state index contributed by atoms with van der Waals surface area (Å²) in [5.41, 5.74) is 8.13. The third-order valence-corrected chi connectivity index (χ3v) is 4.87. The zero-order chi connectivity index (χ0) is 13.5. The van der Waals surface area contributed by atoms with Gasteiger partial charge in [-0.3, -0.25) is 0 Å². The molecule has 3 rings (SSSR count). The highest BCUT2D eigenvalue weighted by Gasteiger charge is 2.38. The summed E-state index contributed by atoms with van der Waals surface area (Å²) in [4.78, 5) is 0. The minimum Gasteiger partial charge on any atom is -0.490 e. The molecule has 0 heterocycles. The van der Waals surface area contributed by atoms with E-state index in [0.717, 1.165) is 5.75 Å². The fourth-order valence-electron chi connectivity index (χ4n) is 3.40. The molecule has 1 aromatic rings. The van der Waals surface area contributed by atoms with Gasteiger partial charge in [0.2, 0.25) is 0 Å². The molecule has 0 aromatic heterocycles. The molecule has 0 aliphatic heterocycles. The van der Waals surface area contributed by atoms with Crippen LogP contribution in [0.5, 0.6) is 5.75 Å². The normalized spacial score (nSPS) is 27.2. The van der Waals surface area contributed by atoms with E-state index in [-0.39, 0.29) is 6.04 Å². The van der Waals surface area contributed by atoms with Gasteiger partial charge < -0.3 is 10.5 Å². The molecule has 1 aromatic carbocycles. The van der Waals surface area contributed by atoms with E-state index < -0.39 is 0 Å². The molecule has 2 saturated carbocycles. The summed E-state index contributed by atoms with van der Waals surface area (Å²) in [5, 5.41) is 0. The Kier molecular flexibility index (Phi) is 3.30. The second-order valence-corrected chi connectivity index (χ2v) is 6.90. The van der Waals surface area contributed by atoms with Crippen LogP contribution in [0, 0.1) is 11.3 Å². The van der Waals surface area contributed by atoms with Crippen LogP contribution in [0.25, 0.3) is 0 Å². The molecule has 0 spiro atoms. The molecule has 104 valence electrons. The predicted octanol–water partition coefficient (Wildman–Crippen LogP) is 4.05. The topological polar surface area (TPSA) is 35.2 Å². The summed E-state index contributed by atoms with van der Waals surface area (Å²) in [7, 11) is 0. The second kappa shape index (κ2) is 4.82. The minimum absolute atomic E-state index is 0.160. The molecule has 2 aliphatic rings. The summed E-state index contributed by atoms with van der Waals surface area (Å²) >= 11 is 0. The van der Waals surface area contributed by atoms with Crippen LogP contribution < -0.4 is 10.5 Å². The van der Waals surface area contributed by atoms with Gasteiger partial charge in [0, 0.05) is 6.04 Å². The first-order valence-electron chi connectivity index (χ1n) is 7.58. The van der Waals surface area contributed by atoms with E-state index in [1.165, 1.54) is 37.7 Å². The maximum absolute atomic E-state index is 6.50. The van der Waals surface area contributed by atoms with Gasteiger partial charge in [-0.05, 0) is 54.7 Å². The van der Waals surface area contributed by atoms with Crippen molar-refractivity contribution in [3.05, 3.63) is 29.8 Å². The van der Waals surface area contributed by atoms with Crippen molar-refractivity contribution in [3.8, 4) is 5.75 Å². The van der Waals surface area contributed by atoms with Crippen LogP contribution in [-0.4, -0.2) is 6.10 Å². The number of hydrogen-bond acceptors (Lipinski definition) is 2. The van der Waals surface area contributed by atoms with E-state index in [0.29, 0.717) is 17.4 Å². The highest BCUT2D eigenvalue weighted by molar-refractivity contribution is 5.30. The predicted molar refractivity (Wildman–Crippen MR) is 78.1 cm³/mol. The van der Waals surface area contributed by atoms with E-state index in [1.807, 2.05) is 0 Å². The van der Waals surface area contributed by atoms with Crippen molar-refractivity contribution in [1.82, 2.24) is 0 Å². The number of benzene rings is 1. The van der Waals surface area contributed by atoms with Crippen LogP contribution in [-0.2, 0) is 0 Å². The summed E-state index contributed by atoms with van der Waals surface area (Å²) in [5.74, 6) is 1.59. The molecule has 0 amide bonds. The van der Waals surface area contributed by atoms with E-state index >= 15 is 0 Å². The van der Waals surface area contributed by atoms with Crippen LogP contribution in [0.2, 0.25) is 0 Å². The molecular weight excluding hydrogens is 234 g/mol.